The van der Waals surface area contributed by atoms with E-state index in [2.05, 4.69) is 20.1 Å². The van der Waals surface area contributed by atoms with Gasteiger partial charge in [0.05, 0.1) is 11.9 Å². The zero-order valence-corrected chi connectivity index (χ0v) is 20.8. The number of amides is 2. The molecule has 1 aromatic heterocycles. The summed E-state index contributed by atoms with van der Waals surface area (Å²) < 4.78 is 4.44. The molecule has 0 aliphatic rings. The van der Waals surface area contributed by atoms with Gasteiger partial charge in [-0.05, 0) is 34.9 Å². The third-order valence-corrected chi connectivity index (χ3v) is 5.17. The average Bonchev–Trinajstić information content (AvgIpc) is 2.82. The highest BCUT2D eigenvalue weighted by atomic mass is 35.5. The molecule has 0 radical (unpaired) electrons. The first-order valence-electron chi connectivity index (χ1n) is 9.99. The van der Waals surface area contributed by atoms with Crippen molar-refractivity contribution in [3.63, 3.8) is 0 Å². The number of hydrogen-bond acceptors (Lipinski definition) is 5. The Morgan fingerprint density at radius 3 is 2.29 bits per heavy atom. The highest BCUT2D eigenvalue weighted by Gasteiger charge is 2.16. The van der Waals surface area contributed by atoms with Crippen molar-refractivity contribution in [2.24, 2.45) is 5.10 Å². The van der Waals surface area contributed by atoms with Crippen molar-refractivity contribution in [1.82, 2.24) is 10.3 Å². The van der Waals surface area contributed by atoms with Gasteiger partial charge >= 0.3 is 0 Å². The lowest BCUT2D eigenvalue weighted by Crippen LogP contribution is -2.22. The number of pyridine rings is 1. The van der Waals surface area contributed by atoms with Crippen molar-refractivity contribution < 1.29 is 14.3 Å². The summed E-state index contributed by atoms with van der Waals surface area (Å²) in [5.41, 5.74) is 3.03. The third kappa shape index (κ3) is 8.76. The van der Waals surface area contributed by atoms with E-state index in [4.69, 9.17) is 34.8 Å². The fraction of sp³-hybridized carbons (Fsp3) is 0.167. The molecule has 1 heterocycles. The van der Waals surface area contributed by atoms with Gasteiger partial charge in [0, 0.05) is 36.7 Å². The predicted molar refractivity (Wildman–Crippen MR) is 137 cm³/mol. The van der Waals surface area contributed by atoms with E-state index in [1.807, 2.05) is 36.4 Å². The first-order chi connectivity index (χ1) is 16.3. The van der Waals surface area contributed by atoms with Crippen LogP contribution in [0.4, 0.5) is 5.69 Å². The van der Waals surface area contributed by atoms with Crippen LogP contribution in [0.3, 0.4) is 0 Å². The number of nitrogens with one attached hydrogen (secondary N) is 1. The molecule has 0 aliphatic carbocycles. The SMILES string of the molecule is CC(=O)N(/N=C/c1ccccc1)c1cc(Cl)c(Cc2ccc(Cl)nc2)c(Cl)c1.COCNC=O. The van der Waals surface area contributed by atoms with Crippen LogP contribution in [0.5, 0.6) is 0 Å². The van der Waals surface area contributed by atoms with Crippen LogP contribution in [0, 0.1) is 0 Å². The molecule has 0 saturated heterocycles. The van der Waals surface area contributed by atoms with Crippen molar-refractivity contribution in [2.45, 2.75) is 13.3 Å². The summed E-state index contributed by atoms with van der Waals surface area (Å²) in [5, 5.41) is 9.15. The number of carbonyl (C=O) groups excluding carboxylic acids is 2. The molecule has 1 N–H and O–H groups in total. The minimum absolute atomic E-state index is 0.256. The van der Waals surface area contributed by atoms with Gasteiger partial charge in [0.2, 0.25) is 12.3 Å². The molecule has 0 spiro atoms. The van der Waals surface area contributed by atoms with Crippen molar-refractivity contribution in [3.8, 4) is 0 Å². The highest BCUT2D eigenvalue weighted by Crippen LogP contribution is 2.33. The molecular weight excluding hydrogens is 499 g/mol. The molecule has 34 heavy (non-hydrogen) atoms. The van der Waals surface area contributed by atoms with Crippen molar-refractivity contribution in [3.05, 3.63) is 92.7 Å². The van der Waals surface area contributed by atoms with Crippen LogP contribution in [0.15, 0.2) is 65.9 Å². The number of hydrogen-bond donors (Lipinski definition) is 1. The molecule has 0 unspecified atom stereocenters. The smallest absolute Gasteiger partial charge is 0.244 e. The Labute approximate surface area is 213 Å². The second-order valence-corrected chi connectivity index (χ2v) is 8.00. The van der Waals surface area contributed by atoms with E-state index >= 15 is 0 Å². The first kappa shape index (κ1) is 27.3. The lowest BCUT2D eigenvalue weighted by Gasteiger charge is -2.17. The van der Waals surface area contributed by atoms with Crippen LogP contribution in [0.1, 0.15) is 23.6 Å². The van der Waals surface area contributed by atoms with Crippen molar-refractivity contribution >= 4 is 59.0 Å². The van der Waals surface area contributed by atoms with Crippen LogP contribution in [-0.4, -0.2) is 37.4 Å². The second-order valence-electron chi connectivity index (χ2n) is 6.79. The molecule has 7 nitrogen and oxygen atoms in total. The Morgan fingerprint density at radius 2 is 1.79 bits per heavy atom. The number of anilines is 1. The summed E-state index contributed by atoms with van der Waals surface area (Å²) in [6, 6.07) is 16.4. The van der Waals surface area contributed by atoms with E-state index in [0.29, 0.717) is 40.4 Å². The average molecular weight is 522 g/mol. The minimum Gasteiger partial charge on any atom is -0.365 e. The Morgan fingerprint density at radius 1 is 1.12 bits per heavy atom. The largest absolute Gasteiger partial charge is 0.365 e. The molecule has 0 bridgehead atoms. The third-order valence-electron chi connectivity index (χ3n) is 4.27. The summed E-state index contributed by atoms with van der Waals surface area (Å²) in [6.07, 6.45) is 4.37. The van der Waals surface area contributed by atoms with E-state index in [1.54, 1.807) is 30.6 Å². The van der Waals surface area contributed by atoms with Crippen LogP contribution < -0.4 is 10.3 Å². The number of nitrogens with zero attached hydrogens (tertiary/aromatic N) is 3. The van der Waals surface area contributed by atoms with Gasteiger partial charge in [0.25, 0.3) is 0 Å². The summed E-state index contributed by atoms with van der Waals surface area (Å²) in [6.45, 7) is 1.72. The number of carbonyl (C=O) groups is 2. The molecule has 2 amide bonds. The maximum atomic E-state index is 12.1. The summed E-state index contributed by atoms with van der Waals surface area (Å²) in [7, 11) is 1.51. The topological polar surface area (TPSA) is 83.9 Å². The van der Waals surface area contributed by atoms with Gasteiger partial charge in [-0.25, -0.2) is 9.99 Å². The number of halogens is 3. The zero-order chi connectivity index (χ0) is 24.9. The van der Waals surface area contributed by atoms with Crippen molar-refractivity contribution in [1.29, 1.82) is 0 Å². The number of methoxy groups -OCH3 is 1. The van der Waals surface area contributed by atoms with E-state index in [0.717, 1.165) is 16.7 Å². The normalized spacial score (nSPS) is 10.4. The fourth-order valence-corrected chi connectivity index (χ4v) is 3.43. The Balaban J connectivity index is 0.000000604. The molecule has 10 heteroatoms. The van der Waals surface area contributed by atoms with E-state index in [-0.39, 0.29) is 5.91 Å². The number of ether oxygens (including phenoxy) is 1. The fourth-order valence-electron chi connectivity index (χ4n) is 2.71. The Bertz CT molecular complexity index is 1090. The van der Waals surface area contributed by atoms with Gasteiger partial charge in [-0.1, -0.05) is 71.2 Å². The van der Waals surface area contributed by atoms with E-state index in [9.17, 15) is 9.59 Å². The predicted octanol–water partition coefficient (Wildman–Crippen LogP) is 5.36. The summed E-state index contributed by atoms with van der Waals surface area (Å²) in [5.74, 6) is -0.256. The molecule has 2 aromatic carbocycles. The van der Waals surface area contributed by atoms with Crippen LogP contribution in [-0.2, 0) is 20.7 Å². The second kappa shape index (κ2) is 14.3. The molecule has 0 fully saturated rings. The molecule has 0 aliphatic heterocycles. The van der Waals surface area contributed by atoms with Gasteiger partial charge in [-0.3, -0.25) is 9.59 Å². The van der Waals surface area contributed by atoms with Crippen LogP contribution in [0.2, 0.25) is 15.2 Å². The van der Waals surface area contributed by atoms with Gasteiger partial charge in [-0.15, -0.1) is 0 Å². The maximum absolute atomic E-state index is 12.1. The molecule has 3 rings (SSSR count). The van der Waals surface area contributed by atoms with E-state index in [1.165, 1.54) is 19.0 Å². The maximum Gasteiger partial charge on any atom is 0.244 e. The number of rotatable bonds is 8. The first-order valence-corrected chi connectivity index (χ1v) is 11.1. The van der Waals surface area contributed by atoms with Crippen molar-refractivity contribution in [2.75, 3.05) is 18.8 Å². The number of benzene rings is 2. The molecule has 0 saturated carbocycles. The standard InChI is InChI=1S/C21H16Cl3N3O.C3H7NO2/c1-14(28)27(26-13-15-5-3-2-4-6-15)17-10-19(22)18(20(23)11-17)9-16-7-8-21(24)25-12-16;1-6-3-4-2-5/h2-8,10-13H,9H2,1H3;2H,3H2,1H3,(H,4,5)/b26-13+;. The van der Waals surface area contributed by atoms with E-state index < -0.39 is 0 Å². The quantitative estimate of drug-likeness (QED) is 0.108. The monoisotopic (exact) mass is 520 g/mol. The lowest BCUT2D eigenvalue weighted by molar-refractivity contribution is -0.116. The highest BCUT2D eigenvalue weighted by molar-refractivity contribution is 6.36. The van der Waals surface area contributed by atoms with Gasteiger partial charge < -0.3 is 10.1 Å². The van der Waals surface area contributed by atoms with Gasteiger partial charge in [0.15, 0.2) is 0 Å². The Kier molecular flexibility index (Phi) is 11.5. The van der Waals surface area contributed by atoms with Crippen LogP contribution in [0.25, 0.3) is 0 Å². The number of hydrazone groups is 1. The van der Waals surface area contributed by atoms with Crippen LogP contribution >= 0.6 is 34.8 Å². The summed E-state index contributed by atoms with van der Waals surface area (Å²) >= 11 is 18.7. The summed E-state index contributed by atoms with van der Waals surface area (Å²) in [4.78, 5) is 25.5. The number of aromatic nitrogens is 1. The van der Waals surface area contributed by atoms with Gasteiger partial charge in [-0.2, -0.15) is 5.10 Å². The minimum atomic E-state index is -0.256. The zero-order valence-electron chi connectivity index (χ0n) is 18.5. The van der Waals surface area contributed by atoms with Gasteiger partial charge in [0.1, 0.15) is 11.9 Å². The Hall–Kier alpha value is -2.97. The molecule has 0 atom stereocenters. The molecular formula is C24H23Cl3N4O3. The molecule has 3 aromatic rings. The lowest BCUT2D eigenvalue weighted by atomic mass is 10.1. The molecule has 178 valence electrons.